The summed E-state index contributed by atoms with van der Waals surface area (Å²) < 4.78 is 16.6. The minimum Gasteiger partial charge on any atom is -0.444 e. The van der Waals surface area contributed by atoms with Crippen molar-refractivity contribution < 1.29 is 19.0 Å². The second-order valence-electron chi connectivity index (χ2n) is 6.48. The second-order valence-corrected chi connectivity index (χ2v) is 6.48. The second kappa shape index (κ2) is 4.10. The highest BCUT2D eigenvalue weighted by molar-refractivity contribution is 5.67. The first-order valence-corrected chi connectivity index (χ1v) is 6.68. The van der Waals surface area contributed by atoms with E-state index in [1.54, 1.807) is 0 Å². The maximum Gasteiger partial charge on any atom is 0.407 e. The van der Waals surface area contributed by atoms with Gasteiger partial charge in [0.25, 0.3) is 0 Å². The average molecular weight is 255 g/mol. The van der Waals surface area contributed by atoms with Gasteiger partial charge in [0.1, 0.15) is 11.7 Å². The van der Waals surface area contributed by atoms with E-state index in [0.29, 0.717) is 24.5 Å². The third kappa shape index (κ3) is 2.34. The Bertz CT molecular complexity index is 351. The van der Waals surface area contributed by atoms with Gasteiger partial charge in [-0.15, -0.1) is 0 Å². The number of carbonyl (C=O) groups excluding carboxylic acids is 1. The molecule has 5 heteroatoms. The Morgan fingerprint density at radius 1 is 1.39 bits per heavy atom. The van der Waals surface area contributed by atoms with Crippen LogP contribution >= 0.6 is 0 Å². The van der Waals surface area contributed by atoms with Gasteiger partial charge < -0.3 is 19.5 Å². The van der Waals surface area contributed by atoms with E-state index in [1.807, 2.05) is 20.8 Å². The molecule has 2 saturated heterocycles. The van der Waals surface area contributed by atoms with Gasteiger partial charge in [0.05, 0.1) is 18.8 Å². The SMILES string of the molecule is CC(C)(C)OC(=O)NC[C@@H]1C2OC2[C@H]2C[C@@H]1CO2. The molecule has 5 nitrogen and oxygen atoms in total. The van der Waals surface area contributed by atoms with Gasteiger partial charge in [-0.2, -0.15) is 0 Å². The fourth-order valence-electron chi connectivity index (χ4n) is 3.06. The Morgan fingerprint density at radius 2 is 2.17 bits per heavy atom. The standard InChI is InChI=1S/C13H21NO4/c1-13(2,3)18-12(15)14-5-8-7-4-9(16-6-7)11-10(8)17-11/h7-11H,4-6H2,1-3H3,(H,14,15)/t7-,8+,9-,10?,11?/m1/s1. The predicted molar refractivity (Wildman–Crippen MR) is 64.2 cm³/mol. The van der Waals surface area contributed by atoms with Gasteiger partial charge in [-0.25, -0.2) is 4.79 Å². The third-order valence-corrected chi connectivity index (χ3v) is 3.90. The number of ether oxygens (including phenoxy) is 3. The minimum atomic E-state index is -0.448. The highest BCUT2D eigenvalue weighted by atomic mass is 16.6. The lowest BCUT2D eigenvalue weighted by Crippen LogP contribution is -2.41. The molecular weight excluding hydrogens is 234 g/mol. The number of hydrogen-bond donors (Lipinski definition) is 1. The maximum atomic E-state index is 11.6. The van der Waals surface area contributed by atoms with Gasteiger partial charge >= 0.3 is 6.09 Å². The molecule has 0 radical (unpaired) electrons. The van der Waals surface area contributed by atoms with Crippen LogP contribution in [-0.4, -0.2) is 43.2 Å². The Morgan fingerprint density at radius 3 is 2.89 bits per heavy atom. The molecule has 0 aromatic rings. The van der Waals surface area contributed by atoms with Gasteiger partial charge in [0.2, 0.25) is 0 Å². The van der Waals surface area contributed by atoms with Gasteiger partial charge in [-0.3, -0.25) is 0 Å². The summed E-state index contributed by atoms with van der Waals surface area (Å²) in [6.07, 6.45) is 1.58. The molecule has 3 fully saturated rings. The van der Waals surface area contributed by atoms with Gasteiger partial charge in [0.15, 0.2) is 0 Å². The molecule has 102 valence electrons. The molecule has 3 aliphatic rings. The first-order valence-electron chi connectivity index (χ1n) is 6.68. The molecule has 2 aliphatic heterocycles. The molecule has 1 aliphatic carbocycles. The molecular formula is C13H21NO4. The van der Waals surface area contributed by atoms with Crippen LogP contribution in [0.3, 0.4) is 0 Å². The Hall–Kier alpha value is -0.810. The highest BCUT2D eigenvalue weighted by Crippen LogP contribution is 2.48. The summed E-state index contributed by atoms with van der Waals surface area (Å²) in [5.41, 5.74) is -0.448. The van der Waals surface area contributed by atoms with Crippen molar-refractivity contribution in [1.82, 2.24) is 5.32 Å². The molecule has 0 aromatic carbocycles. The van der Waals surface area contributed by atoms with Crippen molar-refractivity contribution >= 4 is 6.09 Å². The molecule has 2 unspecified atom stereocenters. The summed E-state index contributed by atoms with van der Waals surface area (Å²) in [6, 6.07) is 0. The number of fused-ring (bicyclic) bond motifs is 4. The number of carbonyl (C=O) groups is 1. The largest absolute Gasteiger partial charge is 0.444 e. The van der Waals surface area contributed by atoms with E-state index in [1.165, 1.54) is 0 Å². The lowest BCUT2D eigenvalue weighted by molar-refractivity contribution is 0.0503. The summed E-state index contributed by atoms with van der Waals surface area (Å²) in [7, 11) is 0. The van der Waals surface area contributed by atoms with Gasteiger partial charge in [-0.1, -0.05) is 0 Å². The average Bonchev–Trinajstić information content (AvgIpc) is 2.91. The van der Waals surface area contributed by atoms with Crippen molar-refractivity contribution in [3.63, 3.8) is 0 Å². The van der Waals surface area contributed by atoms with Gasteiger partial charge in [0, 0.05) is 12.5 Å². The summed E-state index contributed by atoms with van der Waals surface area (Å²) >= 11 is 0. The van der Waals surface area contributed by atoms with Crippen LogP contribution in [0.5, 0.6) is 0 Å². The molecule has 2 heterocycles. The summed E-state index contributed by atoms with van der Waals surface area (Å²) in [6.45, 7) is 7.02. The van der Waals surface area contributed by atoms with Crippen molar-refractivity contribution in [1.29, 1.82) is 0 Å². The van der Waals surface area contributed by atoms with Crippen LogP contribution in [0.25, 0.3) is 0 Å². The third-order valence-electron chi connectivity index (χ3n) is 3.90. The first-order chi connectivity index (χ1) is 8.44. The zero-order valence-electron chi connectivity index (χ0n) is 11.1. The van der Waals surface area contributed by atoms with Crippen LogP contribution in [0.4, 0.5) is 4.79 Å². The highest BCUT2D eigenvalue weighted by Gasteiger charge is 2.59. The van der Waals surface area contributed by atoms with E-state index in [4.69, 9.17) is 14.2 Å². The maximum absolute atomic E-state index is 11.6. The number of amides is 1. The van der Waals surface area contributed by atoms with E-state index in [9.17, 15) is 4.79 Å². The number of nitrogens with one attached hydrogen (secondary N) is 1. The first kappa shape index (κ1) is 12.2. The molecule has 3 rings (SSSR count). The smallest absolute Gasteiger partial charge is 0.407 e. The zero-order chi connectivity index (χ0) is 12.9. The Labute approximate surface area is 107 Å². The number of rotatable bonds is 2. The molecule has 5 atom stereocenters. The van der Waals surface area contributed by atoms with Crippen LogP contribution in [-0.2, 0) is 14.2 Å². The van der Waals surface area contributed by atoms with Crippen molar-refractivity contribution in [3.8, 4) is 0 Å². The minimum absolute atomic E-state index is 0.272. The summed E-state index contributed by atoms with van der Waals surface area (Å²) in [4.78, 5) is 11.6. The number of epoxide rings is 1. The van der Waals surface area contributed by atoms with E-state index >= 15 is 0 Å². The Kier molecular flexibility index (Phi) is 2.79. The monoisotopic (exact) mass is 255 g/mol. The lowest BCUT2D eigenvalue weighted by Gasteiger charge is -2.25. The molecule has 1 amide bonds. The number of alkyl carbamates (subject to hydrolysis) is 1. The molecule has 1 N–H and O–H groups in total. The Balaban J connectivity index is 1.50. The summed E-state index contributed by atoms with van der Waals surface area (Å²) in [5.74, 6) is 0.898. The normalized spacial score (nSPS) is 41.2. The van der Waals surface area contributed by atoms with E-state index in [2.05, 4.69) is 5.32 Å². The van der Waals surface area contributed by atoms with Crippen LogP contribution < -0.4 is 5.32 Å². The lowest BCUT2D eigenvalue weighted by atomic mass is 9.80. The zero-order valence-corrected chi connectivity index (χ0v) is 11.1. The molecule has 2 bridgehead atoms. The topological polar surface area (TPSA) is 60.1 Å². The van der Waals surface area contributed by atoms with Crippen molar-refractivity contribution in [2.75, 3.05) is 13.2 Å². The van der Waals surface area contributed by atoms with Crippen LogP contribution in [0.2, 0.25) is 0 Å². The van der Waals surface area contributed by atoms with Crippen molar-refractivity contribution in [2.24, 2.45) is 11.8 Å². The molecule has 0 spiro atoms. The van der Waals surface area contributed by atoms with E-state index < -0.39 is 5.60 Å². The van der Waals surface area contributed by atoms with Crippen LogP contribution in [0, 0.1) is 11.8 Å². The van der Waals surface area contributed by atoms with Crippen molar-refractivity contribution in [3.05, 3.63) is 0 Å². The molecule has 1 saturated carbocycles. The number of hydrogen-bond acceptors (Lipinski definition) is 4. The van der Waals surface area contributed by atoms with Crippen LogP contribution in [0.15, 0.2) is 0 Å². The van der Waals surface area contributed by atoms with Crippen molar-refractivity contribution in [2.45, 2.75) is 51.1 Å². The molecule has 0 aromatic heterocycles. The predicted octanol–water partition coefficient (Wildman–Crippen LogP) is 1.31. The quantitative estimate of drug-likeness (QED) is 0.756. The fraction of sp³-hybridized carbons (Fsp3) is 0.923. The summed E-state index contributed by atoms with van der Waals surface area (Å²) in [5, 5.41) is 2.85. The van der Waals surface area contributed by atoms with E-state index in [-0.39, 0.29) is 18.3 Å². The van der Waals surface area contributed by atoms with Crippen LogP contribution in [0.1, 0.15) is 27.2 Å². The van der Waals surface area contributed by atoms with E-state index in [0.717, 1.165) is 13.0 Å². The fourth-order valence-corrected chi connectivity index (χ4v) is 3.06. The molecule has 18 heavy (non-hydrogen) atoms. The van der Waals surface area contributed by atoms with Gasteiger partial charge in [-0.05, 0) is 33.1 Å².